The highest BCUT2D eigenvalue weighted by atomic mass is 35.5. The fourth-order valence-electron chi connectivity index (χ4n) is 3.49. The number of nitrogens with two attached hydrogens (primary N) is 1. The molecule has 1 aliphatic carbocycles. The lowest BCUT2D eigenvalue weighted by atomic mass is 9.97. The minimum Gasteiger partial charge on any atom is -0.495 e. The zero-order valence-electron chi connectivity index (χ0n) is 14.3. The van der Waals surface area contributed by atoms with Crippen LogP contribution in [-0.4, -0.2) is 44.2 Å². The van der Waals surface area contributed by atoms with Gasteiger partial charge in [-0.1, -0.05) is 12.8 Å². The topological polar surface area (TPSA) is 96.7 Å². The number of hydrogen-bond donors (Lipinski definition) is 3. The normalized spacial score (nSPS) is 18.5. The van der Waals surface area contributed by atoms with E-state index in [4.69, 9.17) is 10.5 Å². The van der Waals surface area contributed by atoms with Gasteiger partial charge in [-0.3, -0.25) is 9.69 Å². The summed E-state index contributed by atoms with van der Waals surface area (Å²) in [6, 6.07) is 4.96. The van der Waals surface area contributed by atoms with E-state index in [9.17, 15) is 9.59 Å². The molecule has 1 heterocycles. The van der Waals surface area contributed by atoms with E-state index < -0.39 is 0 Å². The lowest BCUT2D eigenvalue weighted by Crippen LogP contribution is -2.51. The second kappa shape index (κ2) is 7.93. The molecule has 7 nitrogen and oxygen atoms in total. The molecule has 1 saturated heterocycles. The van der Waals surface area contributed by atoms with E-state index >= 15 is 0 Å². The zero-order chi connectivity index (χ0) is 17.2. The maximum absolute atomic E-state index is 12.7. The SMILES string of the molecule is COc1ccc(C(=O)NC2(CN)CCCC2)cc1N1CCNC1=O.Cl. The summed E-state index contributed by atoms with van der Waals surface area (Å²) in [6.45, 7) is 1.57. The summed E-state index contributed by atoms with van der Waals surface area (Å²) in [4.78, 5) is 26.2. The number of nitrogens with one attached hydrogen (secondary N) is 2. The Morgan fingerprint density at radius 3 is 2.68 bits per heavy atom. The van der Waals surface area contributed by atoms with E-state index in [1.807, 2.05) is 0 Å². The van der Waals surface area contributed by atoms with Crippen molar-refractivity contribution in [3.05, 3.63) is 23.8 Å². The minimum atomic E-state index is -0.303. The Balaban J connectivity index is 0.00000225. The molecular formula is C17H25ClN4O3. The van der Waals surface area contributed by atoms with Crippen LogP contribution in [0.3, 0.4) is 0 Å². The number of anilines is 1. The monoisotopic (exact) mass is 368 g/mol. The first-order valence-electron chi connectivity index (χ1n) is 8.34. The molecule has 1 aromatic carbocycles. The van der Waals surface area contributed by atoms with Crippen molar-refractivity contribution in [2.24, 2.45) is 5.73 Å². The Morgan fingerprint density at radius 2 is 2.12 bits per heavy atom. The fraction of sp³-hybridized carbons (Fsp3) is 0.529. The summed E-state index contributed by atoms with van der Waals surface area (Å²) in [7, 11) is 1.55. The van der Waals surface area contributed by atoms with E-state index in [1.165, 1.54) is 0 Å². The molecule has 1 aliphatic heterocycles. The summed E-state index contributed by atoms with van der Waals surface area (Å²) in [6.07, 6.45) is 3.98. The number of ether oxygens (including phenoxy) is 1. The Bertz CT molecular complexity index is 647. The van der Waals surface area contributed by atoms with Crippen molar-refractivity contribution in [1.29, 1.82) is 0 Å². The van der Waals surface area contributed by atoms with Crippen molar-refractivity contribution in [3.63, 3.8) is 0 Å². The third-order valence-corrected chi connectivity index (χ3v) is 4.92. The van der Waals surface area contributed by atoms with Gasteiger partial charge in [-0.15, -0.1) is 12.4 Å². The summed E-state index contributed by atoms with van der Waals surface area (Å²) >= 11 is 0. The highest BCUT2D eigenvalue weighted by Gasteiger charge is 2.34. The van der Waals surface area contributed by atoms with Gasteiger partial charge in [0.1, 0.15) is 5.75 Å². The summed E-state index contributed by atoms with van der Waals surface area (Å²) < 4.78 is 5.34. The molecule has 3 amide bonds. The lowest BCUT2D eigenvalue weighted by Gasteiger charge is -2.29. The standard InChI is InChI=1S/C17H24N4O3.ClH/c1-24-14-5-4-12(10-13(14)21-9-8-19-16(21)23)15(22)20-17(11-18)6-2-3-7-17;/h4-5,10H,2-3,6-9,11,18H2,1H3,(H,19,23)(H,20,22);1H. The van der Waals surface area contributed by atoms with Gasteiger partial charge >= 0.3 is 6.03 Å². The number of halogens is 1. The van der Waals surface area contributed by atoms with E-state index in [0.29, 0.717) is 36.6 Å². The van der Waals surface area contributed by atoms with E-state index in [-0.39, 0.29) is 29.9 Å². The van der Waals surface area contributed by atoms with Gasteiger partial charge in [0.05, 0.1) is 18.3 Å². The van der Waals surface area contributed by atoms with Crippen LogP contribution >= 0.6 is 12.4 Å². The zero-order valence-corrected chi connectivity index (χ0v) is 15.2. The molecular weight excluding hydrogens is 344 g/mol. The molecule has 1 aromatic rings. The van der Waals surface area contributed by atoms with Crippen LogP contribution < -0.4 is 26.0 Å². The highest BCUT2D eigenvalue weighted by Crippen LogP contribution is 2.32. The molecule has 8 heteroatoms. The van der Waals surface area contributed by atoms with E-state index in [0.717, 1.165) is 25.7 Å². The molecule has 25 heavy (non-hydrogen) atoms. The average Bonchev–Trinajstić information content (AvgIpc) is 3.23. The van der Waals surface area contributed by atoms with Crippen molar-refractivity contribution >= 4 is 30.0 Å². The molecule has 0 unspecified atom stereocenters. The van der Waals surface area contributed by atoms with Gasteiger partial charge in [0.2, 0.25) is 0 Å². The molecule has 0 atom stereocenters. The van der Waals surface area contributed by atoms with Crippen molar-refractivity contribution < 1.29 is 14.3 Å². The van der Waals surface area contributed by atoms with Gasteiger partial charge in [-0.2, -0.15) is 0 Å². The molecule has 3 rings (SSSR count). The Kier molecular flexibility index (Phi) is 6.13. The number of nitrogens with zero attached hydrogens (tertiary/aromatic N) is 1. The fourth-order valence-corrected chi connectivity index (χ4v) is 3.49. The van der Waals surface area contributed by atoms with Gasteiger partial charge in [0, 0.05) is 25.2 Å². The van der Waals surface area contributed by atoms with Crippen LogP contribution in [0, 0.1) is 0 Å². The van der Waals surface area contributed by atoms with E-state index in [2.05, 4.69) is 10.6 Å². The number of carbonyl (C=O) groups is 2. The Hall–Kier alpha value is -1.99. The van der Waals surface area contributed by atoms with Crippen LogP contribution in [-0.2, 0) is 0 Å². The second-order valence-electron chi connectivity index (χ2n) is 6.42. The van der Waals surface area contributed by atoms with Crippen LogP contribution in [0.1, 0.15) is 36.0 Å². The van der Waals surface area contributed by atoms with Crippen molar-refractivity contribution in [3.8, 4) is 5.75 Å². The van der Waals surface area contributed by atoms with Crippen molar-refractivity contribution in [2.45, 2.75) is 31.2 Å². The van der Waals surface area contributed by atoms with Crippen LogP contribution in [0.4, 0.5) is 10.5 Å². The minimum absolute atomic E-state index is 0. The lowest BCUT2D eigenvalue weighted by molar-refractivity contribution is 0.0903. The molecule has 2 fully saturated rings. The first-order chi connectivity index (χ1) is 11.6. The molecule has 0 radical (unpaired) electrons. The Morgan fingerprint density at radius 1 is 1.40 bits per heavy atom. The summed E-state index contributed by atoms with van der Waals surface area (Å²) in [5, 5.41) is 5.86. The maximum Gasteiger partial charge on any atom is 0.322 e. The predicted molar refractivity (Wildman–Crippen MR) is 98.7 cm³/mol. The molecule has 1 saturated carbocycles. The van der Waals surface area contributed by atoms with Crippen LogP contribution in [0.5, 0.6) is 5.75 Å². The number of benzene rings is 1. The van der Waals surface area contributed by atoms with Gasteiger partial charge < -0.3 is 21.1 Å². The number of carbonyl (C=O) groups excluding carboxylic acids is 2. The smallest absolute Gasteiger partial charge is 0.322 e. The summed E-state index contributed by atoms with van der Waals surface area (Å²) in [5.41, 5.74) is 6.70. The second-order valence-corrected chi connectivity index (χ2v) is 6.42. The highest BCUT2D eigenvalue weighted by molar-refractivity contribution is 6.00. The molecule has 138 valence electrons. The molecule has 4 N–H and O–H groups in total. The van der Waals surface area contributed by atoms with Crippen molar-refractivity contribution in [2.75, 3.05) is 31.6 Å². The van der Waals surface area contributed by atoms with Crippen molar-refractivity contribution in [1.82, 2.24) is 10.6 Å². The number of methoxy groups -OCH3 is 1. The van der Waals surface area contributed by atoms with Crippen LogP contribution in [0.2, 0.25) is 0 Å². The third-order valence-electron chi connectivity index (χ3n) is 4.92. The van der Waals surface area contributed by atoms with Gasteiger partial charge in [0.25, 0.3) is 5.91 Å². The number of urea groups is 1. The summed E-state index contributed by atoms with van der Waals surface area (Å²) in [5.74, 6) is 0.406. The predicted octanol–water partition coefficient (Wildman–Crippen LogP) is 1.65. The van der Waals surface area contributed by atoms with E-state index in [1.54, 1.807) is 30.2 Å². The maximum atomic E-state index is 12.7. The van der Waals surface area contributed by atoms with Gasteiger partial charge in [0.15, 0.2) is 0 Å². The number of amides is 3. The first kappa shape index (κ1) is 19.3. The number of rotatable bonds is 5. The molecule has 0 aromatic heterocycles. The third kappa shape index (κ3) is 3.82. The molecule has 2 aliphatic rings. The largest absolute Gasteiger partial charge is 0.495 e. The van der Waals surface area contributed by atoms with Gasteiger partial charge in [-0.05, 0) is 31.0 Å². The molecule has 0 bridgehead atoms. The van der Waals surface area contributed by atoms with Crippen LogP contribution in [0.15, 0.2) is 18.2 Å². The Labute approximate surface area is 153 Å². The molecule has 0 spiro atoms. The number of hydrogen-bond acceptors (Lipinski definition) is 4. The average molecular weight is 369 g/mol. The quantitative estimate of drug-likeness (QED) is 0.736. The first-order valence-corrected chi connectivity index (χ1v) is 8.34. The van der Waals surface area contributed by atoms with Gasteiger partial charge in [-0.25, -0.2) is 4.79 Å². The van der Waals surface area contributed by atoms with Crippen LogP contribution in [0.25, 0.3) is 0 Å².